The van der Waals surface area contributed by atoms with E-state index in [-0.39, 0.29) is 77.1 Å². The molecule has 0 heterocycles. The fourth-order valence-corrected chi connectivity index (χ4v) is 1.13. The molecule has 0 spiro atoms. The maximum Gasteiger partial charge on any atom is 4.00 e. The zero-order valence-corrected chi connectivity index (χ0v) is 16.2. The van der Waals surface area contributed by atoms with Gasteiger partial charge in [0, 0.05) is 0 Å². The van der Waals surface area contributed by atoms with Crippen molar-refractivity contribution < 1.29 is 77.1 Å². The molecule has 0 aliphatic carbocycles. The summed E-state index contributed by atoms with van der Waals surface area (Å²) in [5.74, 6) is 0. The summed E-state index contributed by atoms with van der Waals surface area (Å²) in [6.07, 6.45) is 10.9. The summed E-state index contributed by atoms with van der Waals surface area (Å²) < 4.78 is 0. The molecule has 0 saturated carbocycles. The second kappa shape index (κ2) is 29.5. The minimum atomic E-state index is 0. The third-order valence-corrected chi connectivity index (χ3v) is 1.85. The van der Waals surface area contributed by atoms with Gasteiger partial charge in [-0.15, -0.1) is 0 Å². The summed E-state index contributed by atoms with van der Waals surface area (Å²) in [6.45, 7) is 6.08. The molecule has 0 radical (unpaired) electrons. The maximum absolute atomic E-state index is 3.82. The van der Waals surface area contributed by atoms with Crippen LogP contribution >= 0.6 is 0 Å². The van der Waals surface area contributed by atoms with Gasteiger partial charge in [-0.1, -0.05) is 51.9 Å². The Morgan fingerprint density at radius 3 is 1.43 bits per heavy atom. The first-order valence-electron chi connectivity index (χ1n) is 4.71. The van der Waals surface area contributed by atoms with Crippen LogP contribution in [0.5, 0.6) is 0 Å². The minimum Gasteiger partial charge on any atom is -1.00 e. The van der Waals surface area contributed by atoms with Gasteiger partial charge in [0.05, 0.1) is 0 Å². The van der Waals surface area contributed by atoms with Crippen LogP contribution in [0.15, 0.2) is 0 Å². The smallest absolute Gasteiger partial charge is 1.00 e. The quantitative estimate of drug-likeness (QED) is 0.257. The molecule has 0 aromatic heterocycles. The van der Waals surface area contributed by atoms with Crippen LogP contribution in [0, 0.1) is 6.92 Å². The van der Waals surface area contributed by atoms with Gasteiger partial charge in [0.2, 0.25) is 0 Å². The molecule has 0 N–H and O–H groups in total. The van der Waals surface area contributed by atoms with E-state index in [1.54, 1.807) is 0 Å². The van der Waals surface area contributed by atoms with E-state index in [1.165, 1.54) is 44.9 Å². The van der Waals surface area contributed by atoms with E-state index >= 15 is 0 Å². The molecule has 86 valence electrons. The van der Waals surface area contributed by atoms with E-state index in [0.29, 0.717) is 0 Å². The fraction of sp³-hybridized carbons (Fsp3) is 0.900. The SMILES string of the molecule is [Br-].[Br-].[Br-].[CH2-]CCCCCCCCC.[Zr+4]. The van der Waals surface area contributed by atoms with Crippen LogP contribution in [0.4, 0.5) is 0 Å². The Hall–Kier alpha value is 2.32. The van der Waals surface area contributed by atoms with Gasteiger partial charge in [0.15, 0.2) is 0 Å². The van der Waals surface area contributed by atoms with E-state index in [1.807, 2.05) is 0 Å². The Bertz CT molecular complexity index is 55.3. The van der Waals surface area contributed by atoms with Crippen molar-refractivity contribution in [2.45, 2.75) is 58.3 Å². The van der Waals surface area contributed by atoms with Crippen LogP contribution in [0.25, 0.3) is 0 Å². The number of unbranched alkanes of at least 4 members (excludes halogenated alkanes) is 7. The number of hydrogen-bond acceptors (Lipinski definition) is 0. The zero-order valence-electron chi connectivity index (χ0n) is 9.00. The Morgan fingerprint density at radius 1 is 0.714 bits per heavy atom. The van der Waals surface area contributed by atoms with Gasteiger partial charge in [-0.3, -0.25) is 0 Å². The fourth-order valence-electron chi connectivity index (χ4n) is 1.13. The molecule has 0 amide bonds. The summed E-state index contributed by atoms with van der Waals surface area (Å²) in [6, 6.07) is 0. The van der Waals surface area contributed by atoms with E-state index < -0.39 is 0 Å². The molecule has 0 aromatic carbocycles. The summed E-state index contributed by atoms with van der Waals surface area (Å²) in [5.41, 5.74) is 0. The Balaban J connectivity index is -0.0000000675. The van der Waals surface area contributed by atoms with Crippen LogP contribution in [-0.2, 0) is 26.2 Å². The Morgan fingerprint density at radius 2 is 1.07 bits per heavy atom. The van der Waals surface area contributed by atoms with Gasteiger partial charge in [0.25, 0.3) is 0 Å². The van der Waals surface area contributed by atoms with Crippen molar-refractivity contribution in [2.75, 3.05) is 0 Å². The van der Waals surface area contributed by atoms with Crippen LogP contribution < -0.4 is 50.9 Å². The molecular weight excluding hydrogens is 451 g/mol. The first-order valence-corrected chi connectivity index (χ1v) is 4.71. The van der Waals surface area contributed by atoms with Gasteiger partial charge in [-0.25, -0.2) is 0 Å². The molecule has 0 bridgehead atoms. The van der Waals surface area contributed by atoms with Gasteiger partial charge in [-0.2, -0.15) is 6.42 Å². The third-order valence-electron chi connectivity index (χ3n) is 1.85. The molecule has 4 heteroatoms. The molecule has 0 fully saturated rings. The van der Waals surface area contributed by atoms with Gasteiger partial charge >= 0.3 is 26.2 Å². The molecule has 14 heavy (non-hydrogen) atoms. The van der Waals surface area contributed by atoms with E-state index in [2.05, 4.69) is 13.8 Å². The van der Waals surface area contributed by atoms with E-state index in [0.717, 1.165) is 6.42 Å². The zero-order chi connectivity index (χ0) is 7.66. The van der Waals surface area contributed by atoms with E-state index in [9.17, 15) is 0 Å². The van der Waals surface area contributed by atoms with Crippen LogP contribution in [-0.4, -0.2) is 0 Å². The third kappa shape index (κ3) is 29.3. The molecule has 0 rings (SSSR count). The summed E-state index contributed by atoms with van der Waals surface area (Å²) in [5, 5.41) is 0. The van der Waals surface area contributed by atoms with Crippen molar-refractivity contribution in [3.05, 3.63) is 6.92 Å². The Kier molecular flexibility index (Phi) is 63.0. The average Bonchev–Trinajstić information content (AvgIpc) is 1.97. The first-order chi connectivity index (χ1) is 4.91. The maximum atomic E-state index is 3.82. The predicted molar refractivity (Wildman–Crippen MR) is 48.0 cm³/mol. The molecule has 0 saturated heterocycles. The number of rotatable bonds is 7. The van der Waals surface area contributed by atoms with E-state index in [4.69, 9.17) is 0 Å². The Labute approximate surface area is 141 Å². The summed E-state index contributed by atoms with van der Waals surface area (Å²) >= 11 is 0. The molecule has 0 aromatic rings. The van der Waals surface area contributed by atoms with Crippen LogP contribution in [0.1, 0.15) is 58.3 Å². The van der Waals surface area contributed by atoms with Crippen LogP contribution in [0.2, 0.25) is 0 Å². The van der Waals surface area contributed by atoms with Gasteiger partial charge in [0.1, 0.15) is 0 Å². The van der Waals surface area contributed by atoms with Crippen LogP contribution in [0.3, 0.4) is 0 Å². The minimum absolute atomic E-state index is 0. The predicted octanol–water partition coefficient (Wildman–Crippen LogP) is -5.03. The molecule has 0 nitrogen and oxygen atoms in total. The first kappa shape index (κ1) is 29.9. The number of hydrogen-bond donors (Lipinski definition) is 0. The topological polar surface area (TPSA) is 0 Å². The molecule has 0 atom stereocenters. The largest absolute Gasteiger partial charge is 4.00 e. The van der Waals surface area contributed by atoms with Crippen molar-refractivity contribution in [3.63, 3.8) is 0 Å². The molecule has 0 aliphatic rings. The van der Waals surface area contributed by atoms with Crippen molar-refractivity contribution in [2.24, 2.45) is 0 Å². The molecular formula is C10H21Br3Zr. The van der Waals surface area contributed by atoms with Crippen molar-refractivity contribution >= 4 is 0 Å². The van der Waals surface area contributed by atoms with Crippen molar-refractivity contribution in [1.29, 1.82) is 0 Å². The van der Waals surface area contributed by atoms with Crippen molar-refractivity contribution in [3.8, 4) is 0 Å². The number of halogens is 3. The monoisotopic (exact) mass is 468 g/mol. The van der Waals surface area contributed by atoms with Gasteiger partial charge in [-0.05, 0) is 0 Å². The standard InChI is InChI=1S/C10H21.3BrH.Zr/c1-3-5-7-9-10-8-6-4-2;;;;/h1,3-10H2,2H3;3*1H;/q-1;;;;+4/p-3. The second-order valence-corrected chi connectivity index (χ2v) is 2.97. The summed E-state index contributed by atoms with van der Waals surface area (Å²) in [4.78, 5) is 0. The van der Waals surface area contributed by atoms with Crippen molar-refractivity contribution in [1.82, 2.24) is 0 Å². The average molecular weight is 472 g/mol. The molecule has 0 unspecified atom stereocenters. The summed E-state index contributed by atoms with van der Waals surface area (Å²) in [7, 11) is 0. The van der Waals surface area contributed by atoms with Gasteiger partial charge < -0.3 is 57.9 Å². The molecule has 0 aliphatic heterocycles. The normalized spacial score (nSPS) is 7.29. The second-order valence-electron chi connectivity index (χ2n) is 2.97.